The maximum atomic E-state index is 12.5. The van der Waals surface area contributed by atoms with Gasteiger partial charge in [-0.15, -0.1) is 0 Å². The fraction of sp³-hybridized carbons (Fsp3) is 0.412. The average molecular weight is 285 g/mol. The fourth-order valence-electron chi connectivity index (χ4n) is 3.69. The molecule has 1 aromatic carbocycles. The number of aryl methyl sites for hydroxylation is 2. The van der Waals surface area contributed by atoms with Gasteiger partial charge in [-0.05, 0) is 43.7 Å². The van der Waals surface area contributed by atoms with Crippen molar-refractivity contribution < 1.29 is 14.7 Å². The third kappa shape index (κ3) is 2.35. The molecule has 0 unspecified atom stereocenters. The van der Waals surface area contributed by atoms with E-state index in [9.17, 15) is 14.7 Å². The lowest BCUT2D eigenvalue weighted by molar-refractivity contribution is -0.146. The maximum Gasteiger partial charge on any atom is 0.307 e. The summed E-state index contributed by atoms with van der Waals surface area (Å²) in [4.78, 5) is 24.0. The molecule has 0 radical (unpaired) electrons. The van der Waals surface area contributed by atoms with Crippen molar-refractivity contribution in [2.75, 3.05) is 5.32 Å². The standard InChI is InChI=1S/C17H19NO3/c1-9-3-6-13(10(2)7-9)18-16(19)14-11-4-5-12(8-11)15(14)17(20)21/h3-7,11-12,14-15H,8H2,1-2H3,(H,18,19)(H,20,21)/t11-,12-,14+,15+/m0/s1. The van der Waals surface area contributed by atoms with Crippen molar-refractivity contribution in [1.29, 1.82) is 0 Å². The summed E-state index contributed by atoms with van der Waals surface area (Å²) in [5, 5.41) is 12.3. The number of nitrogens with one attached hydrogen (secondary N) is 1. The second-order valence-electron chi connectivity index (χ2n) is 6.15. The van der Waals surface area contributed by atoms with E-state index in [4.69, 9.17) is 0 Å². The quantitative estimate of drug-likeness (QED) is 0.839. The van der Waals surface area contributed by atoms with Gasteiger partial charge in [0, 0.05) is 5.69 Å². The topological polar surface area (TPSA) is 66.4 Å². The van der Waals surface area contributed by atoms with Crippen LogP contribution in [0.5, 0.6) is 0 Å². The van der Waals surface area contributed by atoms with Crippen molar-refractivity contribution in [3.05, 3.63) is 41.5 Å². The molecule has 2 aliphatic rings. The minimum atomic E-state index is -0.868. The normalized spacial score (nSPS) is 29.6. The number of aliphatic carboxylic acids is 1. The highest BCUT2D eigenvalue weighted by Gasteiger charge is 2.51. The first kappa shape index (κ1) is 13.9. The SMILES string of the molecule is Cc1ccc(NC(=O)[C@H]2[C@H](C(=O)O)[C@H]3C=C[C@H]2C3)c(C)c1. The summed E-state index contributed by atoms with van der Waals surface area (Å²) in [7, 11) is 0. The van der Waals surface area contributed by atoms with Crippen LogP contribution in [0.2, 0.25) is 0 Å². The van der Waals surface area contributed by atoms with Crippen molar-refractivity contribution >= 4 is 17.6 Å². The van der Waals surface area contributed by atoms with Gasteiger partial charge in [-0.3, -0.25) is 9.59 Å². The predicted molar refractivity (Wildman–Crippen MR) is 79.9 cm³/mol. The van der Waals surface area contributed by atoms with Crippen LogP contribution in [-0.2, 0) is 9.59 Å². The van der Waals surface area contributed by atoms with Crippen molar-refractivity contribution in [1.82, 2.24) is 0 Å². The molecule has 1 fully saturated rings. The monoisotopic (exact) mass is 285 g/mol. The van der Waals surface area contributed by atoms with E-state index in [1.54, 1.807) is 0 Å². The summed E-state index contributed by atoms with van der Waals surface area (Å²) in [5.74, 6) is -2.04. The number of hydrogen-bond donors (Lipinski definition) is 2. The highest BCUT2D eigenvalue weighted by atomic mass is 16.4. The molecule has 1 amide bonds. The number of carboxylic acids is 1. The van der Waals surface area contributed by atoms with E-state index in [1.807, 2.05) is 44.2 Å². The summed E-state index contributed by atoms with van der Waals surface area (Å²) in [6.45, 7) is 3.94. The van der Waals surface area contributed by atoms with Crippen LogP contribution in [0.1, 0.15) is 17.5 Å². The molecule has 2 aliphatic carbocycles. The Morgan fingerprint density at radius 3 is 2.43 bits per heavy atom. The van der Waals surface area contributed by atoms with Crippen molar-refractivity contribution in [3.63, 3.8) is 0 Å². The van der Waals surface area contributed by atoms with Gasteiger partial charge in [0.25, 0.3) is 0 Å². The van der Waals surface area contributed by atoms with Crippen LogP contribution in [0.4, 0.5) is 5.69 Å². The van der Waals surface area contributed by atoms with E-state index in [2.05, 4.69) is 5.32 Å². The van der Waals surface area contributed by atoms with E-state index in [0.717, 1.165) is 23.2 Å². The molecule has 2 N–H and O–H groups in total. The van der Waals surface area contributed by atoms with Gasteiger partial charge in [0.1, 0.15) is 0 Å². The Morgan fingerprint density at radius 1 is 1.14 bits per heavy atom. The number of anilines is 1. The van der Waals surface area contributed by atoms with Crippen LogP contribution in [0, 0.1) is 37.5 Å². The number of rotatable bonds is 3. The number of carbonyl (C=O) groups is 2. The largest absolute Gasteiger partial charge is 0.481 e. The molecule has 0 aliphatic heterocycles. The lowest BCUT2D eigenvalue weighted by Crippen LogP contribution is -2.36. The van der Waals surface area contributed by atoms with E-state index < -0.39 is 17.8 Å². The maximum absolute atomic E-state index is 12.5. The number of fused-ring (bicyclic) bond motifs is 2. The zero-order valence-corrected chi connectivity index (χ0v) is 12.2. The number of allylic oxidation sites excluding steroid dienone is 2. The van der Waals surface area contributed by atoms with Gasteiger partial charge in [0.2, 0.25) is 5.91 Å². The Balaban J connectivity index is 1.82. The molecule has 3 rings (SSSR count). The Bertz CT molecular complexity index is 635. The number of carbonyl (C=O) groups excluding carboxylic acids is 1. The molecule has 110 valence electrons. The number of benzene rings is 1. The molecule has 0 heterocycles. The molecule has 2 bridgehead atoms. The molecular weight excluding hydrogens is 266 g/mol. The molecular formula is C17H19NO3. The Kier molecular flexibility index (Phi) is 3.32. The first-order chi connectivity index (χ1) is 9.97. The van der Waals surface area contributed by atoms with Crippen LogP contribution in [0.15, 0.2) is 30.4 Å². The Labute approximate surface area is 123 Å². The number of hydrogen-bond acceptors (Lipinski definition) is 2. The van der Waals surface area contributed by atoms with E-state index in [0.29, 0.717) is 0 Å². The molecule has 0 aromatic heterocycles. The van der Waals surface area contributed by atoms with Gasteiger partial charge in [0.05, 0.1) is 11.8 Å². The highest BCUT2D eigenvalue weighted by Crippen LogP contribution is 2.48. The molecule has 21 heavy (non-hydrogen) atoms. The highest BCUT2D eigenvalue weighted by molar-refractivity contribution is 5.96. The zero-order valence-electron chi connectivity index (χ0n) is 12.2. The zero-order chi connectivity index (χ0) is 15.1. The lowest BCUT2D eigenvalue weighted by atomic mass is 9.82. The molecule has 1 aromatic rings. The van der Waals surface area contributed by atoms with Crippen molar-refractivity contribution in [2.45, 2.75) is 20.3 Å². The smallest absolute Gasteiger partial charge is 0.307 e. The molecule has 4 nitrogen and oxygen atoms in total. The van der Waals surface area contributed by atoms with E-state index >= 15 is 0 Å². The first-order valence-corrected chi connectivity index (χ1v) is 7.26. The second kappa shape index (κ2) is 5.02. The average Bonchev–Trinajstić information content (AvgIpc) is 3.02. The van der Waals surface area contributed by atoms with Crippen molar-refractivity contribution in [3.8, 4) is 0 Å². The van der Waals surface area contributed by atoms with Gasteiger partial charge < -0.3 is 10.4 Å². The van der Waals surface area contributed by atoms with E-state index in [-0.39, 0.29) is 17.7 Å². The molecule has 4 heteroatoms. The van der Waals surface area contributed by atoms with Crippen LogP contribution < -0.4 is 5.32 Å². The predicted octanol–water partition coefficient (Wildman–Crippen LogP) is 2.76. The van der Waals surface area contributed by atoms with Crippen LogP contribution in [0.25, 0.3) is 0 Å². The minimum absolute atomic E-state index is 0.00219. The lowest BCUT2D eigenvalue weighted by Gasteiger charge is -2.24. The Morgan fingerprint density at radius 2 is 1.81 bits per heavy atom. The third-order valence-corrected chi connectivity index (χ3v) is 4.69. The second-order valence-corrected chi connectivity index (χ2v) is 6.15. The first-order valence-electron chi connectivity index (χ1n) is 7.26. The summed E-state index contributed by atoms with van der Waals surface area (Å²) >= 11 is 0. The van der Waals surface area contributed by atoms with Gasteiger partial charge >= 0.3 is 5.97 Å². The van der Waals surface area contributed by atoms with Crippen LogP contribution in [-0.4, -0.2) is 17.0 Å². The minimum Gasteiger partial charge on any atom is -0.481 e. The molecule has 1 saturated carbocycles. The summed E-state index contributed by atoms with van der Waals surface area (Å²) in [6, 6.07) is 5.82. The molecule has 0 saturated heterocycles. The van der Waals surface area contributed by atoms with Crippen molar-refractivity contribution in [2.24, 2.45) is 23.7 Å². The number of carboxylic acid groups (broad SMARTS) is 1. The number of amides is 1. The van der Waals surface area contributed by atoms with Gasteiger partial charge in [-0.2, -0.15) is 0 Å². The van der Waals surface area contributed by atoms with Crippen LogP contribution in [0.3, 0.4) is 0 Å². The summed E-state index contributed by atoms with van der Waals surface area (Å²) in [6.07, 6.45) is 4.72. The third-order valence-electron chi connectivity index (χ3n) is 4.69. The summed E-state index contributed by atoms with van der Waals surface area (Å²) in [5.41, 5.74) is 2.90. The fourth-order valence-corrected chi connectivity index (χ4v) is 3.69. The Hall–Kier alpha value is -2.10. The van der Waals surface area contributed by atoms with E-state index in [1.165, 1.54) is 0 Å². The molecule has 4 atom stereocenters. The summed E-state index contributed by atoms with van der Waals surface area (Å²) < 4.78 is 0. The van der Waals surface area contributed by atoms with Gasteiger partial charge in [0.15, 0.2) is 0 Å². The molecule has 0 spiro atoms. The van der Waals surface area contributed by atoms with Gasteiger partial charge in [-0.25, -0.2) is 0 Å². The van der Waals surface area contributed by atoms with Gasteiger partial charge in [-0.1, -0.05) is 29.8 Å². The van der Waals surface area contributed by atoms with Crippen LogP contribution >= 0.6 is 0 Å².